The molecular formula is C86H159NO13. The van der Waals surface area contributed by atoms with Gasteiger partial charge >= 0.3 is 0 Å². The van der Waals surface area contributed by atoms with Gasteiger partial charge in [-0.05, 0) is 57.8 Å². The normalized spacial score (nSPS) is 22.1. The molecule has 2 rings (SSSR count). The summed E-state index contributed by atoms with van der Waals surface area (Å²) < 4.78 is 22.9. The van der Waals surface area contributed by atoms with Crippen LogP contribution in [-0.4, -0.2) is 140 Å². The van der Waals surface area contributed by atoms with Gasteiger partial charge in [0.25, 0.3) is 0 Å². The van der Waals surface area contributed by atoms with Gasteiger partial charge in [-0.1, -0.05) is 383 Å². The van der Waals surface area contributed by atoms with Crippen LogP contribution in [0.2, 0.25) is 0 Å². The van der Waals surface area contributed by atoms with Crippen LogP contribution in [0.25, 0.3) is 0 Å². The Morgan fingerprint density at radius 2 is 0.690 bits per heavy atom. The Hall–Kier alpha value is -2.31. The largest absolute Gasteiger partial charge is 0.394 e. The Bertz CT molecular complexity index is 1910. The lowest BCUT2D eigenvalue weighted by molar-refractivity contribution is -0.359. The molecule has 2 aliphatic rings. The summed E-state index contributed by atoms with van der Waals surface area (Å²) in [6, 6.07) is -0.916. The van der Waals surface area contributed by atoms with Gasteiger partial charge in [-0.3, -0.25) is 4.79 Å². The molecule has 0 saturated carbocycles. The highest BCUT2D eigenvalue weighted by Gasteiger charge is 2.51. The Labute approximate surface area is 613 Å². The van der Waals surface area contributed by atoms with E-state index in [0.717, 1.165) is 64.2 Å². The fourth-order valence-corrected chi connectivity index (χ4v) is 14.1. The highest BCUT2D eigenvalue weighted by atomic mass is 16.7. The molecule has 0 spiro atoms. The number of aliphatic hydroxyl groups is 8. The van der Waals surface area contributed by atoms with Crippen LogP contribution in [-0.2, 0) is 23.7 Å². The Kier molecular flexibility index (Phi) is 65.4. The Balaban J connectivity index is 1.58. The van der Waals surface area contributed by atoms with Crippen molar-refractivity contribution in [2.24, 2.45) is 0 Å². The molecule has 0 aromatic rings. The van der Waals surface area contributed by atoms with Gasteiger partial charge in [0.2, 0.25) is 5.91 Å². The second-order valence-electron chi connectivity index (χ2n) is 29.9. The van der Waals surface area contributed by atoms with Crippen LogP contribution >= 0.6 is 0 Å². The smallest absolute Gasteiger partial charge is 0.220 e. The zero-order chi connectivity index (χ0) is 72.2. The van der Waals surface area contributed by atoms with Crippen molar-refractivity contribution in [2.45, 2.75) is 460 Å². The van der Waals surface area contributed by atoms with E-state index < -0.39 is 86.8 Å². The summed E-state index contributed by atoms with van der Waals surface area (Å²) in [7, 11) is 0. The molecule has 12 unspecified atom stereocenters. The van der Waals surface area contributed by atoms with Crippen LogP contribution in [0.15, 0.2) is 60.8 Å². The first-order valence-electron chi connectivity index (χ1n) is 42.5. The second kappa shape index (κ2) is 69.7. The van der Waals surface area contributed by atoms with Gasteiger partial charge in [0.05, 0.1) is 32.0 Å². The van der Waals surface area contributed by atoms with Gasteiger partial charge in [-0.25, -0.2) is 0 Å². The number of ether oxygens (including phenoxy) is 4. The summed E-state index contributed by atoms with van der Waals surface area (Å²) in [5.41, 5.74) is 0. The van der Waals surface area contributed by atoms with Gasteiger partial charge in [0, 0.05) is 6.42 Å². The van der Waals surface area contributed by atoms with Crippen molar-refractivity contribution < 1.29 is 64.6 Å². The number of aliphatic hydroxyl groups excluding tert-OH is 8. The lowest BCUT2D eigenvalue weighted by Crippen LogP contribution is -2.65. The van der Waals surface area contributed by atoms with Crippen LogP contribution in [0.4, 0.5) is 0 Å². The summed E-state index contributed by atoms with van der Waals surface area (Å²) >= 11 is 0. The fourth-order valence-electron chi connectivity index (χ4n) is 14.1. The van der Waals surface area contributed by atoms with E-state index in [1.165, 1.54) is 295 Å². The van der Waals surface area contributed by atoms with Crippen molar-refractivity contribution in [2.75, 3.05) is 19.8 Å². The van der Waals surface area contributed by atoms with Crippen molar-refractivity contribution in [3.63, 3.8) is 0 Å². The molecule has 14 nitrogen and oxygen atoms in total. The van der Waals surface area contributed by atoms with E-state index in [4.69, 9.17) is 18.9 Å². The van der Waals surface area contributed by atoms with Crippen molar-refractivity contribution >= 4 is 5.91 Å². The molecule has 14 heteroatoms. The lowest BCUT2D eigenvalue weighted by Gasteiger charge is -2.46. The summed E-state index contributed by atoms with van der Waals surface area (Å²) in [6.45, 7) is 2.75. The van der Waals surface area contributed by atoms with Crippen LogP contribution < -0.4 is 5.32 Å². The third-order valence-corrected chi connectivity index (χ3v) is 20.7. The van der Waals surface area contributed by atoms with Crippen LogP contribution in [0, 0.1) is 0 Å². The minimum absolute atomic E-state index is 0.231. The molecule has 2 saturated heterocycles. The second-order valence-corrected chi connectivity index (χ2v) is 29.9. The maximum absolute atomic E-state index is 13.4. The molecule has 0 bridgehead atoms. The predicted octanol–water partition coefficient (Wildman–Crippen LogP) is 19.9. The molecule has 0 radical (unpaired) electrons. The number of nitrogens with one attached hydrogen (secondary N) is 1. The number of carbonyl (C=O) groups is 1. The molecule has 0 aliphatic carbocycles. The van der Waals surface area contributed by atoms with E-state index in [1.807, 2.05) is 6.08 Å². The van der Waals surface area contributed by atoms with Crippen molar-refractivity contribution in [1.29, 1.82) is 0 Å². The zero-order valence-electron chi connectivity index (χ0n) is 64.5. The van der Waals surface area contributed by atoms with Crippen molar-refractivity contribution in [3.8, 4) is 0 Å². The van der Waals surface area contributed by atoms with E-state index in [9.17, 15) is 45.6 Å². The molecule has 0 aromatic carbocycles. The molecule has 2 heterocycles. The Morgan fingerprint density at radius 1 is 0.370 bits per heavy atom. The van der Waals surface area contributed by atoms with E-state index in [0.29, 0.717) is 6.42 Å². The van der Waals surface area contributed by atoms with Crippen LogP contribution in [0.3, 0.4) is 0 Å². The first-order valence-corrected chi connectivity index (χ1v) is 42.5. The average Bonchev–Trinajstić information content (AvgIpc) is 0.791. The lowest BCUT2D eigenvalue weighted by atomic mass is 9.97. The summed E-state index contributed by atoms with van der Waals surface area (Å²) in [4.78, 5) is 13.4. The third-order valence-electron chi connectivity index (χ3n) is 20.7. The van der Waals surface area contributed by atoms with Gasteiger partial charge in [0.15, 0.2) is 12.6 Å². The molecular weight excluding hydrogens is 1250 g/mol. The molecule has 0 aromatic heterocycles. The molecule has 586 valence electrons. The molecule has 2 aliphatic heterocycles. The first kappa shape index (κ1) is 93.8. The first-order chi connectivity index (χ1) is 49.1. The number of allylic oxidation sites excluding steroid dienone is 9. The highest BCUT2D eigenvalue weighted by molar-refractivity contribution is 5.76. The van der Waals surface area contributed by atoms with Crippen LogP contribution in [0.1, 0.15) is 386 Å². The van der Waals surface area contributed by atoms with E-state index in [1.54, 1.807) is 6.08 Å². The number of hydrogen-bond donors (Lipinski definition) is 9. The SMILES string of the molecule is CC/C=C\C/C=C\C/C=C\C/C=C\CCCCCCCCCCCCCCCCCCCCCCCCCCC(=O)NC(COC1OC(CO)C(OC2OC(CO)C(O)C(O)C2O)C(O)C1O)C(O)/C=C/CCCCCCCCCCCCCCCCCCCCCCCCCCCCC. The number of unbranched alkanes of at least 4 members (excludes halogenated alkanes) is 51. The minimum Gasteiger partial charge on any atom is -0.394 e. The predicted molar refractivity (Wildman–Crippen MR) is 415 cm³/mol. The summed E-state index contributed by atoms with van der Waals surface area (Å²) in [5.74, 6) is -0.231. The van der Waals surface area contributed by atoms with Gasteiger partial charge in [0.1, 0.15) is 48.8 Å². The molecule has 2 fully saturated rings. The monoisotopic (exact) mass is 1410 g/mol. The fraction of sp³-hybridized carbons (Fsp3) is 0.872. The van der Waals surface area contributed by atoms with Crippen LogP contribution in [0.5, 0.6) is 0 Å². The molecule has 100 heavy (non-hydrogen) atoms. The maximum atomic E-state index is 13.4. The number of amides is 1. The van der Waals surface area contributed by atoms with Gasteiger partial charge in [-0.15, -0.1) is 0 Å². The molecule has 9 N–H and O–H groups in total. The van der Waals surface area contributed by atoms with E-state index in [2.05, 4.69) is 67.8 Å². The average molecular weight is 1420 g/mol. The van der Waals surface area contributed by atoms with E-state index in [-0.39, 0.29) is 18.9 Å². The number of rotatable bonds is 72. The quantitative estimate of drug-likeness (QED) is 0.0204. The minimum atomic E-state index is -1.79. The molecule has 1 amide bonds. The molecule has 12 atom stereocenters. The van der Waals surface area contributed by atoms with E-state index >= 15 is 0 Å². The summed E-state index contributed by atoms with van der Waals surface area (Å²) in [6.07, 6.45) is 78.9. The number of hydrogen-bond acceptors (Lipinski definition) is 13. The highest BCUT2D eigenvalue weighted by Crippen LogP contribution is 2.30. The maximum Gasteiger partial charge on any atom is 0.220 e. The number of carbonyl (C=O) groups excluding carboxylic acids is 1. The van der Waals surface area contributed by atoms with Gasteiger partial charge < -0.3 is 65.1 Å². The van der Waals surface area contributed by atoms with Crippen molar-refractivity contribution in [3.05, 3.63) is 60.8 Å². The van der Waals surface area contributed by atoms with Crippen molar-refractivity contribution in [1.82, 2.24) is 5.32 Å². The van der Waals surface area contributed by atoms with Gasteiger partial charge in [-0.2, -0.15) is 0 Å². The Morgan fingerprint density at radius 3 is 1.06 bits per heavy atom. The standard InChI is InChI=1S/C86H159NO13/c1-3-5-7-9-11-13-15-17-19-21-23-25-27-29-31-33-34-35-36-37-38-39-40-42-44-46-48-50-52-54-56-58-60-62-64-66-68-70-78(91)87-74(73-97-85-83(96)81(94)84(77(72-89)99-85)100-86-82(95)80(93)79(92)76(71-88)98-86)75(90)69-67-65-63-61-59-57-55-53-51-49-47-45-43-41-32-30-28-26-24-22-20-18-16-14-12-10-8-6-4-2/h5,7,11,13,17,19,23,25,67,69,74-77,79-86,88-90,92-96H,3-4,6,8-10,12,14-16,18,20-22,24,26-66,68,70-73H2,1-2H3,(H,87,91)/b7-5-,13-11-,19-17-,25-23-,69-67+. The topological polar surface area (TPSA) is 228 Å². The summed E-state index contributed by atoms with van der Waals surface area (Å²) in [5, 5.41) is 87.8. The third kappa shape index (κ3) is 51.8. The zero-order valence-corrected chi connectivity index (χ0v) is 64.5.